The molecule has 7 heteroatoms. The van der Waals surface area contributed by atoms with Gasteiger partial charge in [0.25, 0.3) is 0 Å². The Morgan fingerprint density at radius 3 is 2.56 bits per heavy atom. The minimum Gasteiger partial charge on any atom is -0.490 e. The average molecular weight is 263 g/mol. The largest absolute Gasteiger partial charge is 0.490 e. The zero-order valence-corrected chi connectivity index (χ0v) is 9.13. The molecule has 3 nitrogen and oxygen atoms in total. The number of hydrogen-bond donors (Lipinski definition) is 0. The molecule has 1 aromatic carbocycles. The molecule has 0 heterocycles. The highest BCUT2D eigenvalue weighted by molar-refractivity contribution is 5.43. The van der Waals surface area contributed by atoms with Gasteiger partial charge in [0.05, 0.1) is 6.61 Å². The number of halogens is 4. The number of benzene rings is 1. The summed E-state index contributed by atoms with van der Waals surface area (Å²) >= 11 is 0. The standard InChI is InChI=1S/C11H9F4NO2/c12-9-2-1-3-10(8(9)6-16)18-5-4-17-7-11(13,14)15/h1-3H,4-5,7H2. The number of hydrogen-bond acceptors (Lipinski definition) is 3. The Hall–Kier alpha value is -1.81. The van der Waals surface area contributed by atoms with Gasteiger partial charge in [-0.1, -0.05) is 6.07 Å². The van der Waals surface area contributed by atoms with E-state index in [1.54, 1.807) is 6.07 Å². The van der Waals surface area contributed by atoms with Gasteiger partial charge in [-0.2, -0.15) is 18.4 Å². The van der Waals surface area contributed by atoms with Crippen LogP contribution in [0.4, 0.5) is 17.6 Å². The van der Waals surface area contributed by atoms with E-state index in [-0.39, 0.29) is 24.5 Å². The summed E-state index contributed by atoms with van der Waals surface area (Å²) in [4.78, 5) is 0. The number of nitrogens with zero attached hydrogens (tertiary/aromatic N) is 1. The second-order valence-corrected chi connectivity index (χ2v) is 3.24. The molecular weight excluding hydrogens is 254 g/mol. The predicted molar refractivity (Wildman–Crippen MR) is 53.5 cm³/mol. The van der Waals surface area contributed by atoms with Crippen LogP contribution in [0.3, 0.4) is 0 Å². The van der Waals surface area contributed by atoms with Crippen LogP contribution in [0.1, 0.15) is 5.56 Å². The van der Waals surface area contributed by atoms with E-state index in [0.717, 1.165) is 6.07 Å². The average Bonchev–Trinajstić information content (AvgIpc) is 2.27. The summed E-state index contributed by atoms with van der Waals surface area (Å²) in [5.74, 6) is -0.765. The lowest BCUT2D eigenvalue weighted by Crippen LogP contribution is -2.19. The van der Waals surface area contributed by atoms with Crippen LogP contribution in [0.5, 0.6) is 5.75 Å². The van der Waals surface area contributed by atoms with Crippen molar-refractivity contribution in [2.75, 3.05) is 19.8 Å². The van der Waals surface area contributed by atoms with Crippen molar-refractivity contribution in [3.05, 3.63) is 29.6 Å². The zero-order chi connectivity index (χ0) is 13.6. The van der Waals surface area contributed by atoms with Crippen molar-refractivity contribution >= 4 is 0 Å². The third-order valence-corrected chi connectivity index (χ3v) is 1.84. The first-order valence-electron chi connectivity index (χ1n) is 4.90. The van der Waals surface area contributed by atoms with E-state index in [4.69, 9.17) is 10.00 Å². The summed E-state index contributed by atoms with van der Waals surface area (Å²) in [5.41, 5.74) is -0.284. The lowest BCUT2D eigenvalue weighted by molar-refractivity contribution is -0.175. The monoisotopic (exact) mass is 263 g/mol. The summed E-state index contributed by atoms with van der Waals surface area (Å²) in [7, 11) is 0. The Bertz CT molecular complexity index is 440. The summed E-state index contributed by atoms with van der Waals surface area (Å²) < 4.78 is 57.5. The van der Waals surface area contributed by atoms with Crippen LogP contribution >= 0.6 is 0 Å². The minimum atomic E-state index is -4.39. The number of ether oxygens (including phenoxy) is 2. The van der Waals surface area contributed by atoms with Crippen LogP contribution in [-0.4, -0.2) is 26.0 Å². The normalized spacial score (nSPS) is 11.1. The summed E-state index contributed by atoms with van der Waals surface area (Å²) in [5, 5.41) is 8.66. The van der Waals surface area contributed by atoms with Crippen LogP contribution < -0.4 is 4.74 Å². The van der Waals surface area contributed by atoms with Gasteiger partial charge >= 0.3 is 6.18 Å². The molecule has 1 rings (SSSR count). The first-order chi connectivity index (χ1) is 8.44. The number of nitriles is 1. The molecule has 0 aromatic heterocycles. The van der Waals surface area contributed by atoms with Crippen molar-refractivity contribution in [3.8, 4) is 11.8 Å². The molecule has 0 fully saturated rings. The number of alkyl halides is 3. The number of rotatable bonds is 5. The van der Waals surface area contributed by atoms with Crippen LogP contribution in [0, 0.1) is 17.1 Å². The maximum absolute atomic E-state index is 13.1. The van der Waals surface area contributed by atoms with Gasteiger partial charge in [0, 0.05) is 0 Å². The molecule has 0 unspecified atom stereocenters. The molecule has 98 valence electrons. The molecule has 0 aliphatic rings. The molecule has 0 aliphatic heterocycles. The molecule has 0 atom stereocenters. The Labute approximate surface area is 101 Å². The maximum atomic E-state index is 13.1. The first kappa shape index (κ1) is 14.3. The smallest absolute Gasteiger partial charge is 0.411 e. The van der Waals surface area contributed by atoms with E-state index in [1.165, 1.54) is 12.1 Å². The summed E-state index contributed by atoms with van der Waals surface area (Å²) in [6, 6.07) is 5.39. The Balaban J connectivity index is 2.41. The van der Waals surface area contributed by atoms with E-state index in [1.807, 2.05) is 0 Å². The second-order valence-electron chi connectivity index (χ2n) is 3.24. The van der Waals surface area contributed by atoms with Crippen LogP contribution in [-0.2, 0) is 4.74 Å². The molecule has 0 saturated carbocycles. The van der Waals surface area contributed by atoms with E-state index in [0.29, 0.717) is 0 Å². The topological polar surface area (TPSA) is 42.2 Å². The van der Waals surface area contributed by atoms with Gasteiger partial charge in [0.15, 0.2) is 0 Å². The second kappa shape index (κ2) is 6.21. The van der Waals surface area contributed by atoms with Crippen molar-refractivity contribution in [1.29, 1.82) is 5.26 Å². The van der Waals surface area contributed by atoms with Gasteiger partial charge in [0.2, 0.25) is 0 Å². The summed E-state index contributed by atoms with van der Waals surface area (Å²) in [6.07, 6.45) is -4.39. The molecule has 18 heavy (non-hydrogen) atoms. The van der Waals surface area contributed by atoms with Crippen molar-refractivity contribution < 1.29 is 27.0 Å². The van der Waals surface area contributed by atoms with Gasteiger partial charge in [-0.05, 0) is 12.1 Å². The maximum Gasteiger partial charge on any atom is 0.411 e. The van der Waals surface area contributed by atoms with E-state index in [2.05, 4.69) is 4.74 Å². The quantitative estimate of drug-likeness (QED) is 0.605. The lowest BCUT2D eigenvalue weighted by Gasteiger charge is -2.10. The molecule has 0 N–H and O–H groups in total. The van der Waals surface area contributed by atoms with Crippen molar-refractivity contribution in [2.24, 2.45) is 0 Å². The van der Waals surface area contributed by atoms with Gasteiger partial charge < -0.3 is 9.47 Å². The van der Waals surface area contributed by atoms with E-state index in [9.17, 15) is 17.6 Å². The minimum absolute atomic E-state index is 0.0203. The van der Waals surface area contributed by atoms with Crippen LogP contribution in [0.25, 0.3) is 0 Å². The fourth-order valence-electron chi connectivity index (χ4n) is 1.13. The predicted octanol–water partition coefficient (Wildman–Crippen LogP) is 2.66. The summed E-state index contributed by atoms with van der Waals surface area (Å²) in [6.45, 7) is -1.88. The SMILES string of the molecule is N#Cc1c(F)cccc1OCCOCC(F)(F)F. The van der Waals surface area contributed by atoms with Crippen molar-refractivity contribution in [1.82, 2.24) is 0 Å². The van der Waals surface area contributed by atoms with Gasteiger partial charge in [-0.3, -0.25) is 0 Å². The van der Waals surface area contributed by atoms with Crippen molar-refractivity contribution in [3.63, 3.8) is 0 Å². The Morgan fingerprint density at radius 2 is 1.94 bits per heavy atom. The van der Waals surface area contributed by atoms with Crippen LogP contribution in [0.2, 0.25) is 0 Å². The highest BCUT2D eigenvalue weighted by Gasteiger charge is 2.27. The Morgan fingerprint density at radius 1 is 1.22 bits per heavy atom. The third kappa shape index (κ3) is 4.59. The molecular formula is C11H9F4NO2. The van der Waals surface area contributed by atoms with Crippen LogP contribution in [0.15, 0.2) is 18.2 Å². The van der Waals surface area contributed by atoms with Gasteiger partial charge in [-0.25, -0.2) is 4.39 Å². The molecule has 0 radical (unpaired) electrons. The molecule has 0 amide bonds. The van der Waals surface area contributed by atoms with E-state index < -0.39 is 18.6 Å². The molecule has 0 spiro atoms. The molecule has 1 aromatic rings. The van der Waals surface area contributed by atoms with E-state index >= 15 is 0 Å². The highest BCUT2D eigenvalue weighted by atomic mass is 19.4. The fraction of sp³-hybridized carbons (Fsp3) is 0.364. The van der Waals surface area contributed by atoms with Gasteiger partial charge in [-0.15, -0.1) is 0 Å². The highest BCUT2D eigenvalue weighted by Crippen LogP contribution is 2.20. The molecule has 0 aliphatic carbocycles. The third-order valence-electron chi connectivity index (χ3n) is 1.84. The van der Waals surface area contributed by atoms with Crippen molar-refractivity contribution in [2.45, 2.75) is 6.18 Å². The van der Waals surface area contributed by atoms with Gasteiger partial charge in [0.1, 0.15) is 36.4 Å². The molecule has 0 saturated heterocycles. The fourth-order valence-corrected chi connectivity index (χ4v) is 1.13. The first-order valence-corrected chi connectivity index (χ1v) is 4.90. The molecule has 0 bridgehead atoms. The Kier molecular flexibility index (Phi) is 4.92. The zero-order valence-electron chi connectivity index (χ0n) is 9.13. The lowest BCUT2D eigenvalue weighted by atomic mass is 10.2.